The number of rotatable bonds is 9. The zero-order chi connectivity index (χ0) is 24.0. The smallest absolute Gasteiger partial charge is 0.251 e. The van der Waals surface area contributed by atoms with Crippen LogP contribution in [0.1, 0.15) is 21.5 Å². The maximum atomic E-state index is 12.7. The van der Waals surface area contributed by atoms with Crippen molar-refractivity contribution in [2.45, 2.75) is 23.9 Å². The predicted octanol–water partition coefficient (Wildman–Crippen LogP) is 3.86. The van der Waals surface area contributed by atoms with Gasteiger partial charge in [-0.05, 0) is 52.6 Å². The fraction of sp³-hybridized carbons (Fsp3) is 0.111. The van der Waals surface area contributed by atoms with Crippen LogP contribution in [0.25, 0.3) is 10.8 Å². The van der Waals surface area contributed by atoms with Crippen molar-refractivity contribution in [2.75, 3.05) is 0 Å². The first-order valence-corrected chi connectivity index (χ1v) is 12.3. The van der Waals surface area contributed by atoms with E-state index in [-0.39, 0.29) is 17.3 Å². The van der Waals surface area contributed by atoms with Gasteiger partial charge in [-0.25, -0.2) is 13.1 Å². The van der Waals surface area contributed by atoms with Crippen molar-refractivity contribution in [1.29, 1.82) is 0 Å². The second-order valence-electron chi connectivity index (χ2n) is 7.94. The number of nitrogens with one attached hydrogen (secondary N) is 2. The highest BCUT2D eigenvalue weighted by atomic mass is 32.2. The molecule has 0 aliphatic rings. The Morgan fingerprint density at radius 1 is 0.794 bits per heavy atom. The fourth-order valence-corrected chi connectivity index (χ4v) is 4.68. The van der Waals surface area contributed by atoms with Crippen LogP contribution in [0, 0.1) is 0 Å². The molecule has 6 nitrogen and oxygen atoms in total. The average Bonchev–Trinajstić information content (AvgIpc) is 2.87. The minimum Gasteiger partial charge on any atom is -0.342 e. The Morgan fingerprint density at radius 2 is 1.47 bits per heavy atom. The molecule has 4 aromatic rings. The largest absolute Gasteiger partial charge is 0.342 e. The van der Waals surface area contributed by atoms with Crippen molar-refractivity contribution in [2.24, 2.45) is 0 Å². The molecule has 0 fully saturated rings. The summed E-state index contributed by atoms with van der Waals surface area (Å²) in [4.78, 5) is 24.2. The lowest BCUT2D eigenvalue weighted by Crippen LogP contribution is -2.37. The van der Waals surface area contributed by atoms with Crippen LogP contribution in [-0.2, 0) is 27.8 Å². The molecule has 172 valence electrons. The maximum absolute atomic E-state index is 12.7. The summed E-state index contributed by atoms with van der Waals surface area (Å²) in [5.74, 6) is -0.365. The average molecular weight is 473 g/mol. The maximum Gasteiger partial charge on any atom is 0.251 e. The van der Waals surface area contributed by atoms with Crippen molar-refractivity contribution in [1.82, 2.24) is 10.0 Å². The van der Waals surface area contributed by atoms with Crippen molar-refractivity contribution in [3.8, 4) is 0 Å². The molecule has 0 heterocycles. The molecule has 1 amide bonds. The highest BCUT2D eigenvalue weighted by molar-refractivity contribution is 7.89. The molecule has 1 atom stereocenters. The lowest BCUT2D eigenvalue weighted by molar-refractivity contribution is -0.109. The number of amides is 1. The molecule has 0 radical (unpaired) electrons. The van der Waals surface area contributed by atoms with Gasteiger partial charge in [0, 0.05) is 12.1 Å². The molecule has 0 aliphatic heterocycles. The third-order valence-corrected chi connectivity index (χ3v) is 6.89. The highest BCUT2D eigenvalue weighted by Gasteiger charge is 2.16. The molecule has 34 heavy (non-hydrogen) atoms. The van der Waals surface area contributed by atoms with Crippen molar-refractivity contribution in [3.05, 3.63) is 114 Å². The van der Waals surface area contributed by atoms with Gasteiger partial charge in [-0.15, -0.1) is 0 Å². The molecule has 0 bridgehead atoms. The number of benzene rings is 4. The van der Waals surface area contributed by atoms with E-state index in [1.807, 2.05) is 54.6 Å². The molecule has 2 N–H and O–H groups in total. The molecular formula is C27H24N2O4S. The number of carbonyl (C=O) groups is 2. The third-order valence-electron chi connectivity index (χ3n) is 5.49. The van der Waals surface area contributed by atoms with Crippen LogP contribution in [0.15, 0.2) is 102 Å². The van der Waals surface area contributed by atoms with Crippen molar-refractivity contribution in [3.63, 3.8) is 0 Å². The van der Waals surface area contributed by atoms with Crippen LogP contribution >= 0.6 is 0 Å². The van der Waals surface area contributed by atoms with E-state index in [0.29, 0.717) is 17.5 Å². The highest BCUT2D eigenvalue weighted by Crippen LogP contribution is 2.19. The Morgan fingerprint density at radius 3 is 2.18 bits per heavy atom. The van der Waals surface area contributed by atoms with Gasteiger partial charge in [0.1, 0.15) is 6.29 Å². The Bertz CT molecular complexity index is 1400. The predicted molar refractivity (Wildman–Crippen MR) is 132 cm³/mol. The summed E-state index contributed by atoms with van der Waals surface area (Å²) >= 11 is 0. The number of aldehydes is 1. The Hall–Kier alpha value is -3.81. The Labute approximate surface area is 198 Å². The van der Waals surface area contributed by atoms with Gasteiger partial charge in [0.25, 0.3) is 5.91 Å². The molecule has 0 aromatic heterocycles. The molecule has 4 rings (SSSR count). The summed E-state index contributed by atoms with van der Waals surface area (Å²) in [6.45, 7) is 0.0853. The molecule has 0 aliphatic carbocycles. The van der Waals surface area contributed by atoms with Crippen LogP contribution in [0.4, 0.5) is 0 Å². The minimum atomic E-state index is -3.69. The summed E-state index contributed by atoms with van der Waals surface area (Å²) in [7, 11) is -3.69. The molecule has 0 saturated heterocycles. The van der Waals surface area contributed by atoms with E-state index >= 15 is 0 Å². The first-order valence-electron chi connectivity index (χ1n) is 10.8. The monoisotopic (exact) mass is 472 g/mol. The van der Waals surface area contributed by atoms with E-state index in [4.69, 9.17) is 0 Å². The van der Waals surface area contributed by atoms with Crippen LogP contribution < -0.4 is 10.0 Å². The number of sulfonamides is 1. The summed E-state index contributed by atoms with van der Waals surface area (Å²) in [6, 6.07) is 28.0. The number of carbonyl (C=O) groups excluding carboxylic acids is 2. The summed E-state index contributed by atoms with van der Waals surface area (Å²) in [5.41, 5.74) is 2.05. The first kappa shape index (κ1) is 23.4. The molecule has 4 aromatic carbocycles. The van der Waals surface area contributed by atoms with E-state index in [0.717, 1.165) is 22.6 Å². The minimum absolute atomic E-state index is 0.0853. The second-order valence-corrected chi connectivity index (χ2v) is 9.70. The molecule has 0 spiro atoms. The van der Waals surface area contributed by atoms with Crippen LogP contribution in [-0.4, -0.2) is 26.7 Å². The van der Waals surface area contributed by atoms with Gasteiger partial charge >= 0.3 is 0 Å². The van der Waals surface area contributed by atoms with Gasteiger partial charge in [-0.2, -0.15) is 0 Å². The third kappa shape index (κ3) is 5.75. The molecule has 1 unspecified atom stereocenters. The Kier molecular flexibility index (Phi) is 7.15. The molecule has 0 saturated carbocycles. The standard InChI is InChI=1S/C27H24N2O4S/c30-19-25(16-20-6-2-1-3-7-20)29-27(31)23-12-10-21(11-13-23)18-28-34(32,33)26-15-14-22-8-4-5-9-24(22)17-26/h1-15,17,19,25,28H,16,18H2,(H,29,31). The molecular weight excluding hydrogens is 448 g/mol. The van der Waals surface area contributed by atoms with E-state index in [9.17, 15) is 18.0 Å². The van der Waals surface area contributed by atoms with Gasteiger partial charge in [-0.1, -0.05) is 72.8 Å². The van der Waals surface area contributed by atoms with E-state index in [1.165, 1.54) is 0 Å². The van der Waals surface area contributed by atoms with Gasteiger partial charge in [0.2, 0.25) is 10.0 Å². The number of hydrogen-bond acceptors (Lipinski definition) is 4. The van der Waals surface area contributed by atoms with Gasteiger partial charge in [-0.3, -0.25) is 4.79 Å². The van der Waals surface area contributed by atoms with Crippen molar-refractivity contribution >= 4 is 33.0 Å². The topological polar surface area (TPSA) is 92.3 Å². The van der Waals surface area contributed by atoms with Gasteiger partial charge in [0.05, 0.1) is 10.9 Å². The molecule has 7 heteroatoms. The van der Waals surface area contributed by atoms with Crippen LogP contribution in [0.5, 0.6) is 0 Å². The van der Waals surface area contributed by atoms with E-state index in [2.05, 4.69) is 10.0 Å². The quantitative estimate of drug-likeness (QED) is 0.362. The second kappa shape index (κ2) is 10.4. The van der Waals surface area contributed by atoms with Gasteiger partial charge < -0.3 is 10.1 Å². The zero-order valence-electron chi connectivity index (χ0n) is 18.3. The van der Waals surface area contributed by atoms with Crippen LogP contribution in [0.2, 0.25) is 0 Å². The number of fused-ring (bicyclic) bond motifs is 1. The summed E-state index contributed by atoms with van der Waals surface area (Å²) in [6.07, 6.45) is 1.13. The fourth-order valence-electron chi connectivity index (χ4n) is 3.62. The van der Waals surface area contributed by atoms with E-state index in [1.54, 1.807) is 42.5 Å². The first-order chi connectivity index (χ1) is 16.4. The normalized spacial score (nSPS) is 12.2. The zero-order valence-corrected chi connectivity index (χ0v) is 19.2. The number of hydrogen-bond donors (Lipinski definition) is 2. The SMILES string of the molecule is O=CC(Cc1ccccc1)NC(=O)c1ccc(CNS(=O)(=O)c2ccc3ccccc3c2)cc1. The lowest BCUT2D eigenvalue weighted by atomic mass is 10.1. The Balaban J connectivity index is 1.37. The summed E-state index contributed by atoms with van der Waals surface area (Å²) in [5, 5.41) is 4.54. The lowest BCUT2D eigenvalue weighted by Gasteiger charge is -2.13. The van der Waals surface area contributed by atoms with Gasteiger partial charge in [0.15, 0.2) is 0 Å². The van der Waals surface area contributed by atoms with Crippen molar-refractivity contribution < 1.29 is 18.0 Å². The summed E-state index contributed by atoms with van der Waals surface area (Å²) < 4.78 is 28.0. The van der Waals surface area contributed by atoms with E-state index < -0.39 is 16.1 Å². The van der Waals surface area contributed by atoms with Crippen LogP contribution in [0.3, 0.4) is 0 Å².